The largest absolute Gasteiger partial charge is 0.497 e. The number of alkyl halides is 3. The molecule has 0 aliphatic carbocycles. The minimum absolute atomic E-state index is 0.0984. The minimum atomic E-state index is -4.93. The Morgan fingerprint density at radius 3 is 2.39 bits per heavy atom. The molecule has 1 N–H and O–H groups in total. The van der Waals surface area contributed by atoms with Crippen molar-refractivity contribution >= 4 is 17.8 Å². The smallest absolute Gasteiger partial charge is 0.434 e. The zero-order valence-electron chi connectivity index (χ0n) is 15.8. The molecule has 9 nitrogen and oxygen atoms in total. The second-order valence-electron chi connectivity index (χ2n) is 6.06. The lowest BCUT2D eigenvalue weighted by molar-refractivity contribution is -0.384. The fourth-order valence-corrected chi connectivity index (χ4v) is 2.61. The van der Waals surface area contributed by atoms with E-state index in [1.165, 1.54) is 13.3 Å². The molecule has 0 unspecified atom stereocenters. The Morgan fingerprint density at radius 2 is 1.84 bits per heavy atom. The van der Waals surface area contributed by atoms with Gasteiger partial charge in [0.15, 0.2) is 5.69 Å². The molecule has 1 amide bonds. The summed E-state index contributed by atoms with van der Waals surface area (Å²) in [5, 5.41) is 18.0. The molecule has 2 aromatic carbocycles. The number of benzene rings is 2. The predicted octanol–water partition coefficient (Wildman–Crippen LogP) is 3.57. The second kappa shape index (κ2) is 8.65. The standard InChI is InChI=1S/C19H14F3N5O4/c1-31-15-8-2-12(3-9-15)10-23-25-18(28)16-11-24-26(17(16)19(20,21)22)13-4-6-14(7-5-13)27(29)30/h2-11H,1H3,(H,25,28). The molecule has 0 spiro atoms. The Morgan fingerprint density at radius 1 is 1.19 bits per heavy atom. The van der Waals surface area contributed by atoms with Gasteiger partial charge in [0.25, 0.3) is 11.6 Å². The SMILES string of the molecule is COc1ccc(C=NNC(=O)c2cnn(-c3ccc([N+](=O)[O-])cc3)c2C(F)(F)F)cc1. The third-order valence-corrected chi connectivity index (χ3v) is 4.08. The van der Waals surface area contributed by atoms with Gasteiger partial charge in [-0.2, -0.15) is 23.4 Å². The highest BCUT2D eigenvalue weighted by atomic mass is 19.4. The lowest BCUT2D eigenvalue weighted by Crippen LogP contribution is -2.23. The summed E-state index contributed by atoms with van der Waals surface area (Å²) < 4.78 is 46.5. The fraction of sp³-hybridized carbons (Fsp3) is 0.105. The number of methoxy groups -OCH3 is 1. The van der Waals surface area contributed by atoms with Crippen LogP contribution >= 0.6 is 0 Å². The van der Waals surface area contributed by atoms with Crippen LogP contribution in [0.1, 0.15) is 21.6 Å². The number of aromatic nitrogens is 2. The van der Waals surface area contributed by atoms with Crippen molar-refractivity contribution in [2.24, 2.45) is 5.10 Å². The molecule has 0 aliphatic heterocycles. The first-order chi connectivity index (χ1) is 14.7. The third kappa shape index (κ3) is 4.86. The maximum atomic E-state index is 13.7. The van der Waals surface area contributed by atoms with Crippen molar-refractivity contribution in [2.75, 3.05) is 7.11 Å². The van der Waals surface area contributed by atoms with Gasteiger partial charge in [-0.1, -0.05) is 0 Å². The molecule has 0 saturated carbocycles. The maximum absolute atomic E-state index is 13.7. The quantitative estimate of drug-likeness (QED) is 0.363. The summed E-state index contributed by atoms with van der Waals surface area (Å²) in [5.74, 6) is -0.514. The lowest BCUT2D eigenvalue weighted by atomic mass is 10.2. The third-order valence-electron chi connectivity index (χ3n) is 4.08. The van der Waals surface area contributed by atoms with Gasteiger partial charge in [0.05, 0.1) is 35.7 Å². The molecule has 0 aliphatic rings. The molecule has 3 rings (SSSR count). The average Bonchev–Trinajstić information content (AvgIpc) is 3.20. The van der Waals surface area contributed by atoms with E-state index in [2.05, 4.69) is 10.2 Å². The predicted molar refractivity (Wildman–Crippen MR) is 103 cm³/mol. The van der Waals surface area contributed by atoms with Crippen molar-refractivity contribution in [3.05, 3.63) is 81.7 Å². The van der Waals surface area contributed by atoms with Crippen LogP contribution in [0.15, 0.2) is 59.8 Å². The molecule has 160 valence electrons. The van der Waals surface area contributed by atoms with E-state index < -0.39 is 28.3 Å². The van der Waals surface area contributed by atoms with E-state index in [1.54, 1.807) is 24.3 Å². The van der Waals surface area contributed by atoms with Crippen molar-refractivity contribution in [1.82, 2.24) is 15.2 Å². The maximum Gasteiger partial charge on any atom is 0.434 e. The number of hydrogen-bond donors (Lipinski definition) is 1. The van der Waals surface area contributed by atoms with Crippen LogP contribution in [0.25, 0.3) is 5.69 Å². The Labute approximate surface area is 172 Å². The number of halogens is 3. The molecule has 1 aromatic heterocycles. The van der Waals surface area contributed by atoms with Crippen LogP contribution in [-0.2, 0) is 6.18 Å². The van der Waals surface area contributed by atoms with E-state index in [1.807, 2.05) is 5.43 Å². The van der Waals surface area contributed by atoms with E-state index in [4.69, 9.17) is 4.74 Å². The molecule has 0 bridgehead atoms. The Bertz CT molecular complexity index is 1120. The van der Waals surface area contributed by atoms with Crippen LogP contribution in [0.4, 0.5) is 18.9 Å². The molecule has 0 atom stereocenters. The number of amides is 1. The summed E-state index contributed by atoms with van der Waals surface area (Å²) in [4.78, 5) is 22.4. The first-order valence-corrected chi connectivity index (χ1v) is 8.58. The molecule has 31 heavy (non-hydrogen) atoms. The number of non-ortho nitro benzene ring substituents is 1. The number of hydrogen-bond acceptors (Lipinski definition) is 6. The average molecular weight is 433 g/mol. The van der Waals surface area contributed by atoms with Gasteiger partial charge in [-0.05, 0) is 42.0 Å². The van der Waals surface area contributed by atoms with Crippen molar-refractivity contribution in [3.8, 4) is 11.4 Å². The van der Waals surface area contributed by atoms with Crippen molar-refractivity contribution < 1.29 is 27.6 Å². The molecule has 0 fully saturated rings. The Balaban J connectivity index is 1.85. The Hall–Kier alpha value is -4.22. The van der Waals surface area contributed by atoms with Crippen LogP contribution < -0.4 is 10.2 Å². The monoisotopic (exact) mass is 433 g/mol. The van der Waals surface area contributed by atoms with Crippen molar-refractivity contribution in [1.29, 1.82) is 0 Å². The normalized spacial score (nSPS) is 11.5. The summed E-state index contributed by atoms with van der Waals surface area (Å²) in [5.41, 5.74) is 0.135. The number of ether oxygens (including phenoxy) is 1. The number of nitrogens with zero attached hydrogens (tertiary/aromatic N) is 4. The summed E-state index contributed by atoms with van der Waals surface area (Å²) in [6.45, 7) is 0. The summed E-state index contributed by atoms with van der Waals surface area (Å²) in [6.07, 6.45) is -2.92. The number of nitrogens with one attached hydrogen (secondary N) is 1. The first-order valence-electron chi connectivity index (χ1n) is 8.58. The highest BCUT2D eigenvalue weighted by Crippen LogP contribution is 2.34. The van der Waals surface area contributed by atoms with Crippen LogP contribution in [0.3, 0.4) is 0 Å². The van der Waals surface area contributed by atoms with Crippen molar-refractivity contribution in [3.63, 3.8) is 0 Å². The van der Waals surface area contributed by atoms with Crippen LogP contribution in [0.5, 0.6) is 5.75 Å². The number of carbonyl (C=O) groups is 1. The van der Waals surface area contributed by atoms with E-state index in [-0.39, 0.29) is 11.4 Å². The summed E-state index contributed by atoms with van der Waals surface area (Å²) >= 11 is 0. The number of hydrazone groups is 1. The van der Waals surface area contributed by atoms with Gasteiger partial charge < -0.3 is 4.74 Å². The Kier molecular flexibility index (Phi) is 6.00. The summed E-state index contributed by atoms with van der Waals surface area (Å²) in [6, 6.07) is 10.9. The molecule has 0 radical (unpaired) electrons. The molecule has 0 saturated heterocycles. The number of nitro groups is 1. The highest BCUT2D eigenvalue weighted by molar-refractivity contribution is 5.96. The van der Waals surface area contributed by atoms with Crippen molar-refractivity contribution in [2.45, 2.75) is 6.18 Å². The minimum Gasteiger partial charge on any atom is -0.497 e. The van der Waals surface area contributed by atoms with Crippen LogP contribution in [0.2, 0.25) is 0 Å². The molecule has 1 heterocycles. The van der Waals surface area contributed by atoms with E-state index in [9.17, 15) is 28.1 Å². The molecule has 12 heteroatoms. The molecular weight excluding hydrogens is 419 g/mol. The number of nitro benzene ring substituents is 1. The van der Waals surface area contributed by atoms with E-state index in [0.29, 0.717) is 16.0 Å². The van der Waals surface area contributed by atoms with E-state index in [0.717, 1.165) is 30.5 Å². The second-order valence-corrected chi connectivity index (χ2v) is 6.06. The highest BCUT2D eigenvalue weighted by Gasteiger charge is 2.40. The van der Waals surface area contributed by atoms with E-state index >= 15 is 0 Å². The molecular formula is C19H14F3N5O4. The van der Waals surface area contributed by atoms with Gasteiger partial charge in [0.2, 0.25) is 0 Å². The van der Waals surface area contributed by atoms with Gasteiger partial charge in [-0.3, -0.25) is 14.9 Å². The zero-order chi connectivity index (χ0) is 22.6. The van der Waals surface area contributed by atoms with Gasteiger partial charge in [0.1, 0.15) is 5.75 Å². The molecule has 3 aromatic rings. The van der Waals surface area contributed by atoms with Crippen LogP contribution in [0, 0.1) is 10.1 Å². The van der Waals surface area contributed by atoms with Gasteiger partial charge >= 0.3 is 6.18 Å². The lowest BCUT2D eigenvalue weighted by Gasteiger charge is -2.12. The van der Waals surface area contributed by atoms with Gasteiger partial charge in [0, 0.05) is 12.1 Å². The fourth-order valence-electron chi connectivity index (χ4n) is 2.61. The zero-order valence-corrected chi connectivity index (χ0v) is 15.8. The number of carbonyl (C=O) groups excluding carboxylic acids is 1. The summed E-state index contributed by atoms with van der Waals surface area (Å²) in [7, 11) is 1.50. The number of rotatable bonds is 6. The van der Waals surface area contributed by atoms with Crippen LogP contribution in [-0.4, -0.2) is 33.9 Å². The first kappa shape index (κ1) is 21.5. The topological polar surface area (TPSA) is 112 Å². The van der Waals surface area contributed by atoms with Gasteiger partial charge in [-0.15, -0.1) is 0 Å². The van der Waals surface area contributed by atoms with Gasteiger partial charge in [-0.25, -0.2) is 10.1 Å².